The van der Waals surface area contributed by atoms with Gasteiger partial charge in [0.15, 0.2) is 0 Å². The molecule has 2 aliphatic rings. The average molecular weight is 314 g/mol. The van der Waals surface area contributed by atoms with Crippen LogP contribution in [0.5, 0.6) is 0 Å². The molecule has 4 rings (SSSR count). The van der Waals surface area contributed by atoms with E-state index in [0.717, 1.165) is 51.3 Å². The molecule has 6 heteroatoms. The molecule has 0 atom stereocenters. The van der Waals surface area contributed by atoms with Crippen LogP contribution in [0.3, 0.4) is 0 Å². The Labute approximate surface area is 136 Å². The summed E-state index contributed by atoms with van der Waals surface area (Å²) in [5, 5.41) is 4.21. The normalized spacial score (nSPS) is 21.7. The molecule has 0 radical (unpaired) electrons. The maximum atomic E-state index is 5.55. The van der Waals surface area contributed by atoms with Gasteiger partial charge in [0.05, 0.1) is 0 Å². The first-order chi connectivity index (χ1) is 11.3. The Morgan fingerprint density at radius 2 is 1.87 bits per heavy atom. The Bertz CT molecular complexity index is 652. The molecule has 122 valence electrons. The molecule has 2 aliphatic heterocycles. The van der Waals surface area contributed by atoms with Crippen LogP contribution in [-0.4, -0.2) is 60.5 Å². The quantitative estimate of drug-likeness (QED) is 0.845. The Morgan fingerprint density at radius 1 is 1.09 bits per heavy atom. The van der Waals surface area contributed by atoms with Gasteiger partial charge in [-0.2, -0.15) is 4.98 Å². The first-order valence-electron chi connectivity index (χ1n) is 8.20. The van der Waals surface area contributed by atoms with Gasteiger partial charge in [-0.15, -0.1) is 0 Å². The molecule has 0 amide bonds. The van der Waals surface area contributed by atoms with Crippen molar-refractivity contribution in [3.8, 4) is 11.5 Å². The first-order valence-corrected chi connectivity index (χ1v) is 8.20. The van der Waals surface area contributed by atoms with Crippen molar-refractivity contribution in [2.75, 3.05) is 44.8 Å². The molecular formula is C17H22N4O2. The van der Waals surface area contributed by atoms with Crippen LogP contribution in [0, 0.1) is 0 Å². The molecule has 0 saturated carbocycles. The van der Waals surface area contributed by atoms with Gasteiger partial charge in [0, 0.05) is 44.0 Å². The van der Waals surface area contributed by atoms with E-state index < -0.39 is 0 Å². The number of hydrogen-bond acceptors (Lipinski definition) is 6. The van der Waals surface area contributed by atoms with Crippen molar-refractivity contribution >= 4 is 5.95 Å². The Balaban J connectivity index is 1.55. The number of benzene rings is 1. The number of piperazine rings is 1. The molecule has 23 heavy (non-hydrogen) atoms. The molecular weight excluding hydrogens is 292 g/mol. The van der Waals surface area contributed by atoms with Crippen molar-refractivity contribution < 1.29 is 9.26 Å². The van der Waals surface area contributed by atoms with E-state index >= 15 is 0 Å². The zero-order valence-electron chi connectivity index (χ0n) is 13.4. The second-order valence-electron chi connectivity index (χ2n) is 6.45. The fourth-order valence-corrected chi connectivity index (χ4v) is 3.57. The number of rotatable bonds is 2. The SMILES string of the molecule is CN1CCN(c2noc(-c3ccccc3)n2)CC12CCOCC2. The lowest BCUT2D eigenvalue weighted by atomic mass is 9.86. The molecule has 1 aromatic heterocycles. The highest BCUT2D eigenvalue weighted by atomic mass is 16.5. The van der Waals surface area contributed by atoms with Crippen LogP contribution in [0.2, 0.25) is 0 Å². The molecule has 0 N–H and O–H groups in total. The third-order valence-electron chi connectivity index (χ3n) is 5.14. The van der Waals surface area contributed by atoms with Crippen molar-refractivity contribution in [2.24, 2.45) is 0 Å². The molecule has 1 spiro atoms. The highest BCUT2D eigenvalue weighted by molar-refractivity contribution is 5.54. The van der Waals surface area contributed by atoms with Gasteiger partial charge < -0.3 is 14.2 Å². The summed E-state index contributed by atoms with van der Waals surface area (Å²) in [6.07, 6.45) is 2.12. The van der Waals surface area contributed by atoms with E-state index in [-0.39, 0.29) is 5.54 Å². The van der Waals surface area contributed by atoms with E-state index in [1.54, 1.807) is 0 Å². The van der Waals surface area contributed by atoms with E-state index in [4.69, 9.17) is 9.26 Å². The third-order valence-corrected chi connectivity index (χ3v) is 5.14. The summed E-state index contributed by atoms with van der Waals surface area (Å²) >= 11 is 0. The lowest BCUT2D eigenvalue weighted by molar-refractivity contribution is -0.0223. The van der Waals surface area contributed by atoms with E-state index in [0.29, 0.717) is 11.8 Å². The van der Waals surface area contributed by atoms with Gasteiger partial charge in [-0.1, -0.05) is 18.2 Å². The second-order valence-corrected chi connectivity index (χ2v) is 6.45. The fourth-order valence-electron chi connectivity index (χ4n) is 3.57. The van der Waals surface area contributed by atoms with E-state index in [1.165, 1.54) is 0 Å². The van der Waals surface area contributed by atoms with Gasteiger partial charge in [0.1, 0.15) is 0 Å². The lowest BCUT2D eigenvalue weighted by Gasteiger charge is -2.50. The molecule has 2 aromatic rings. The highest BCUT2D eigenvalue weighted by Gasteiger charge is 2.42. The summed E-state index contributed by atoms with van der Waals surface area (Å²) in [7, 11) is 2.22. The zero-order valence-corrected chi connectivity index (χ0v) is 13.4. The molecule has 0 bridgehead atoms. The smallest absolute Gasteiger partial charge is 0.266 e. The number of hydrogen-bond donors (Lipinski definition) is 0. The minimum atomic E-state index is 0.171. The first kappa shape index (κ1) is 14.7. The number of nitrogens with zero attached hydrogens (tertiary/aromatic N) is 4. The molecule has 6 nitrogen and oxygen atoms in total. The van der Waals surface area contributed by atoms with E-state index in [9.17, 15) is 0 Å². The minimum absolute atomic E-state index is 0.171. The third kappa shape index (κ3) is 2.72. The summed E-state index contributed by atoms with van der Waals surface area (Å²) in [5.41, 5.74) is 1.13. The molecule has 2 fully saturated rings. The van der Waals surface area contributed by atoms with Gasteiger partial charge in [-0.3, -0.25) is 4.90 Å². The largest absolute Gasteiger partial charge is 0.381 e. The van der Waals surface area contributed by atoms with Gasteiger partial charge in [-0.05, 0) is 37.2 Å². The second kappa shape index (κ2) is 5.94. The van der Waals surface area contributed by atoms with Crippen molar-refractivity contribution in [3.63, 3.8) is 0 Å². The van der Waals surface area contributed by atoms with Crippen molar-refractivity contribution in [2.45, 2.75) is 18.4 Å². The maximum absolute atomic E-state index is 5.55. The van der Waals surface area contributed by atoms with Crippen LogP contribution in [0.1, 0.15) is 12.8 Å². The van der Waals surface area contributed by atoms with Gasteiger partial charge >= 0.3 is 0 Å². The number of anilines is 1. The van der Waals surface area contributed by atoms with Crippen LogP contribution in [-0.2, 0) is 4.74 Å². The summed E-state index contributed by atoms with van der Waals surface area (Å²) in [4.78, 5) is 9.33. The number of likely N-dealkylation sites (N-methyl/N-ethyl adjacent to an activating group) is 1. The Kier molecular flexibility index (Phi) is 3.79. The predicted molar refractivity (Wildman–Crippen MR) is 87.4 cm³/mol. The maximum Gasteiger partial charge on any atom is 0.266 e. The molecule has 1 aromatic carbocycles. The van der Waals surface area contributed by atoms with E-state index in [2.05, 4.69) is 27.0 Å². The predicted octanol–water partition coefficient (Wildman–Crippen LogP) is 2.04. The fraction of sp³-hybridized carbons (Fsp3) is 0.529. The van der Waals surface area contributed by atoms with Gasteiger partial charge in [0.25, 0.3) is 11.8 Å². The van der Waals surface area contributed by atoms with Crippen LogP contribution in [0.15, 0.2) is 34.9 Å². The highest BCUT2D eigenvalue weighted by Crippen LogP contribution is 2.32. The van der Waals surface area contributed by atoms with Crippen LogP contribution in [0.25, 0.3) is 11.5 Å². The molecule has 0 aliphatic carbocycles. The van der Waals surface area contributed by atoms with Crippen LogP contribution < -0.4 is 4.90 Å². The average Bonchev–Trinajstić information content (AvgIpc) is 3.09. The minimum Gasteiger partial charge on any atom is -0.381 e. The molecule has 0 unspecified atom stereocenters. The number of aromatic nitrogens is 2. The summed E-state index contributed by atoms with van der Waals surface area (Å²) in [6, 6.07) is 9.91. The summed E-state index contributed by atoms with van der Waals surface area (Å²) < 4.78 is 11.0. The van der Waals surface area contributed by atoms with Crippen molar-refractivity contribution in [1.82, 2.24) is 15.0 Å². The zero-order chi connectivity index (χ0) is 15.7. The van der Waals surface area contributed by atoms with Crippen molar-refractivity contribution in [3.05, 3.63) is 30.3 Å². The monoisotopic (exact) mass is 314 g/mol. The lowest BCUT2D eigenvalue weighted by Crippen LogP contribution is -2.63. The molecule has 2 saturated heterocycles. The van der Waals surface area contributed by atoms with Crippen LogP contribution in [0.4, 0.5) is 5.95 Å². The standard InChI is InChI=1S/C17H22N4O2/c1-20-9-10-21(13-17(20)7-11-22-12-8-17)16-18-15(23-19-16)14-5-3-2-4-6-14/h2-6H,7-13H2,1H3. The Morgan fingerprint density at radius 3 is 2.65 bits per heavy atom. The van der Waals surface area contributed by atoms with Gasteiger partial charge in [-0.25, -0.2) is 0 Å². The summed E-state index contributed by atoms with van der Waals surface area (Å²) in [6.45, 7) is 4.53. The Hall–Kier alpha value is -1.92. The molecule has 3 heterocycles. The number of ether oxygens (including phenoxy) is 1. The topological polar surface area (TPSA) is 54.6 Å². The van der Waals surface area contributed by atoms with Crippen molar-refractivity contribution in [1.29, 1.82) is 0 Å². The van der Waals surface area contributed by atoms with E-state index in [1.807, 2.05) is 30.3 Å². The van der Waals surface area contributed by atoms with Gasteiger partial charge in [0.2, 0.25) is 0 Å². The van der Waals surface area contributed by atoms with Crippen LogP contribution >= 0.6 is 0 Å². The summed E-state index contributed by atoms with van der Waals surface area (Å²) in [5.74, 6) is 1.28.